The fraction of sp³-hybridized carbons (Fsp3) is 1.00. The van der Waals surface area contributed by atoms with Gasteiger partial charge in [0.2, 0.25) is 0 Å². The van der Waals surface area contributed by atoms with Crippen LogP contribution in [0.2, 0.25) is 0 Å². The Balaban J connectivity index is 3.74. The second kappa shape index (κ2) is 9.24. The molecule has 0 nitrogen and oxygen atoms in total. The van der Waals surface area contributed by atoms with Gasteiger partial charge in [-0.2, -0.15) is 0 Å². The summed E-state index contributed by atoms with van der Waals surface area (Å²) >= 11 is 0. The summed E-state index contributed by atoms with van der Waals surface area (Å²) in [4.78, 5) is 0. The fourth-order valence-corrected chi connectivity index (χ4v) is 2.72. The molecule has 0 aliphatic rings. The third-order valence-electron chi connectivity index (χ3n) is 4.09. The summed E-state index contributed by atoms with van der Waals surface area (Å²) in [7, 11) is 0. The van der Waals surface area contributed by atoms with Crippen LogP contribution in [0.25, 0.3) is 0 Å². The molecular formula is C15H32. The van der Waals surface area contributed by atoms with Gasteiger partial charge in [-0.1, -0.05) is 79.1 Å². The van der Waals surface area contributed by atoms with Gasteiger partial charge in [0.25, 0.3) is 0 Å². The predicted molar refractivity (Wildman–Crippen MR) is 71.3 cm³/mol. The Morgan fingerprint density at radius 1 is 0.600 bits per heavy atom. The normalized spacial score (nSPS) is 12.0. The van der Waals surface area contributed by atoms with E-state index < -0.39 is 0 Å². The predicted octanol–water partition coefficient (Wildman–Crippen LogP) is 5.95. The molecule has 0 aliphatic heterocycles. The molecule has 0 N–H and O–H groups in total. The van der Waals surface area contributed by atoms with Gasteiger partial charge in [-0.05, 0) is 18.3 Å². The van der Waals surface area contributed by atoms with Crippen LogP contribution >= 0.6 is 0 Å². The van der Waals surface area contributed by atoms with E-state index in [1.165, 1.54) is 64.2 Å². The zero-order valence-corrected chi connectivity index (χ0v) is 11.6. The molecule has 0 aromatic carbocycles. The van der Waals surface area contributed by atoms with E-state index in [1.807, 2.05) is 0 Å². The van der Waals surface area contributed by atoms with Crippen LogP contribution in [0, 0.1) is 5.41 Å². The smallest absolute Gasteiger partial charge is 0.0303 e. The lowest BCUT2D eigenvalue weighted by atomic mass is 9.74. The Bertz CT molecular complexity index is 122. The Morgan fingerprint density at radius 2 is 1.20 bits per heavy atom. The minimum atomic E-state index is 0.682. The first-order chi connectivity index (χ1) is 7.24. The highest BCUT2D eigenvalue weighted by molar-refractivity contribution is 4.75. The lowest BCUT2D eigenvalue weighted by Crippen LogP contribution is -2.18. The van der Waals surface area contributed by atoms with Crippen LogP contribution in [-0.4, -0.2) is 0 Å². The van der Waals surface area contributed by atoms with E-state index in [0.29, 0.717) is 5.41 Å². The van der Waals surface area contributed by atoms with Crippen molar-refractivity contribution in [2.75, 3.05) is 0 Å². The van der Waals surface area contributed by atoms with Crippen LogP contribution in [-0.2, 0) is 0 Å². The van der Waals surface area contributed by atoms with Gasteiger partial charge in [-0.15, -0.1) is 0 Å². The van der Waals surface area contributed by atoms with Crippen molar-refractivity contribution in [2.45, 2.75) is 91.9 Å². The molecule has 0 aromatic heterocycles. The van der Waals surface area contributed by atoms with Crippen molar-refractivity contribution in [3.8, 4) is 0 Å². The minimum Gasteiger partial charge on any atom is -0.0654 e. The molecule has 0 aliphatic carbocycles. The Labute approximate surface area is 97.8 Å². The molecule has 0 spiro atoms. The molecular weight excluding hydrogens is 180 g/mol. The highest BCUT2D eigenvalue weighted by Crippen LogP contribution is 2.37. The van der Waals surface area contributed by atoms with Gasteiger partial charge in [0.05, 0.1) is 0 Å². The molecule has 0 heterocycles. The van der Waals surface area contributed by atoms with E-state index >= 15 is 0 Å². The molecule has 0 atom stereocenters. The van der Waals surface area contributed by atoms with Crippen molar-refractivity contribution in [3.63, 3.8) is 0 Å². The van der Waals surface area contributed by atoms with E-state index in [2.05, 4.69) is 27.7 Å². The van der Waals surface area contributed by atoms with E-state index in [-0.39, 0.29) is 0 Å². The molecule has 15 heavy (non-hydrogen) atoms. The van der Waals surface area contributed by atoms with E-state index in [0.717, 1.165) is 0 Å². The van der Waals surface area contributed by atoms with Crippen LogP contribution in [0.1, 0.15) is 91.9 Å². The molecule has 0 rings (SSSR count). The molecule has 0 saturated heterocycles. The molecule has 0 saturated carbocycles. The standard InChI is InChI=1S/C15H32/c1-5-9-10-11-12-14-15(7-3,8-4)13-6-2/h5-14H2,1-4H3. The summed E-state index contributed by atoms with van der Waals surface area (Å²) in [6.45, 7) is 9.38. The van der Waals surface area contributed by atoms with Gasteiger partial charge in [0, 0.05) is 0 Å². The summed E-state index contributed by atoms with van der Waals surface area (Å²) in [6.07, 6.45) is 14.2. The maximum Gasteiger partial charge on any atom is -0.0303 e. The molecule has 0 amide bonds. The summed E-state index contributed by atoms with van der Waals surface area (Å²) in [5.74, 6) is 0. The molecule has 0 radical (unpaired) electrons. The lowest BCUT2D eigenvalue weighted by Gasteiger charge is -2.31. The second-order valence-electron chi connectivity index (χ2n) is 5.12. The van der Waals surface area contributed by atoms with Crippen molar-refractivity contribution in [1.82, 2.24) is 0 Å². The number of hydrogen-bond acceptors (Lipinski definition) is 0. The molecule has 0 fully saturated rings. The topological polar surface area (TPSA) is 0 Å². The van der Waals surface area contributed by atoms with Crippen molar-refractivity contribution >= 4 is 0 Å². The maximum absolute atomic E-state index is 2.38. The third kappa shape index (κ3) is 6.22. The minimum absolute atomic E-state index is 0.682. The van der Waals surface area contributed by atoms with Crippen molar-refractivity contribution in [2.24, 2.45) is 5.41 Å². The van der Waals surface area contributed by atoms with Gasteiger partial charge in [0.15, 0.2) is 0 Å². The largest absolute Gasteiger partial charge is 0.0654 e. The first kappa shape index (κ1) is 15.0. The van der Waals surface area contributed by atoms with Gasteiger partial charge in [0.1, 0.15) is 0 Å². The van der Waals surface area contributed by atoms with Crippen LogP contribution in [0.3, 0.4) is 0 Å². The Kier molecular flexibility index (Phi) is 9.24. The van der Waals surface area contributed by atoms with Gasteiger partial charge < -0.3 is 0 Å². The highest BCUT2D eigenvalue weighted by atomic mass is 14.3. The van der Waals surface area contributed by atoms with Gasteiger partial charge >= 0.3 is 0 Å². The van der Waals surface area contributed by atoms with E-state index in [1.54, 1.807) is 0 Å². The summed E-state index contributed by atoms with van der Waals surface area (Å²) < 4.78 is 0. The van der Waals surface area contributed by atoms with Crippen LogP contribution in [0.5, 0.6) is 0 Å². The quantitative estimate of drug-likeness (QED) is 0.392. The maximum atomic E-state index is 2.38. The molecule has 92 valence electrons. The third-order valence-corrected chi connectivity index (χ3v) is 4.09. The molecule has 0 unspecified atom stereocenters. The van der Waals surface area contributed by atoms with Crippen molar-refractivity contribution in [1.29, 1.82) is 0 Å². The molecule has 0 heteroatoms. The number of unbranched alkanes of at least 4 members (excludes halogenated alkanes) is 4. The van der Waals surface area contributed by atoms with Gasteiger partial charge in [-0.25, -0.2) is 0 Å². The molecule has 0 aromatic rings. The first-order valence-corrected chi connectivity index (χ1v) is 7.24. The average Bonchev–Trinajstić information content (AvgIpc) is 2.27. The Morgan fingerprint density at radius 3 is 1.67 bits per heavy atom. The lowest BCUT2D eigenvalue weighted by molar-refractivity contribution is 0.208. The van der Waals surface area contributed by atoms with Crippen LogP contribution in [0.4, 0.5) is 0 Å². The molecule has 0 bridgehead atoms. The Hall–Kier alpha value is 0. The van der Waals surface area contributed by atoms with E-state index in [4.69, 9.17) is 0 Å². The van der Waals surface area contributed by atoms with Gasteiger partial charge in [-0.3, -0.25) is 0 Å². The number of rotatable bonds is 10. The zero-order chi connectivity index (χ0) is 11.6. The summed E-state index contributed by atoms with van der Waals surface area (Å²) in [6, 6.07) is 0. The highest BCUT2D eigenvalue weighted by Gasteiger charge is 2.23. The SMILES string of the molecule is CCCCCCCC(CC)(CC)CCC. The monoisotopic (exact) mass is 212 g/mol. The average molecular weight is 212 g/mol. The number of hydrogen-bond donors (Lipinski definition) is 0. The fourth-order valence-electron chi connectivity index (χ4n) is 2.72. The van der Waals surface area contributed by atoms with E-state index in [9.17, 15) is 0 Å². The van der Waals surface area contributed by atoms with Crippen LogP contribution < -0.4 is 0 Å². The summed E-state index contributed by atoms with van der Waals surface area (Å²) in [5, 5.41) is 0. The van der Waals surface area contributed by atoms with Crippen molar-refractivity contribution < 1.29 is 0 Å². The summed E-state index contributed by atoms with van der Waals surface area (Å²) in [5.41, 5.74) is 0.682. The zero-order valence-electron chi connectivity index (χ0n) is 11.6. The van der Waals surface area contributed by atoms with Crippen LogP contribution in [0.15, 0.2) is 0 Å². The second-order valence-corrected chi connectivity index (χ2v) is 5.12. The van der Waals surface area contributed by atoms with Crippen molar-refractivity contribution in [3.05, 3.63) is 0 Å². The first-order valence-electron chi connectivity index (χ1n) is 7.24.